The smallest absolute Gasteiger partial charge is 0.0710 e. The van der Waals surface area contributed by atoms with Gasteiger partial charge in [-0.05, 0) is 43.2 Å². The molecule has 0 amide bonds. The first-order valence-electron chi connectivity index (χ1n) is 7.71. The van der Waals surface area contributed by atoms with Crippen LogP contribution in [0.1, 0.15) is 24.8 Å². The van der Waals surface area contributed by atoms with Gasteiger partial charge in [0.15, 0.2) is 0 Å². The number of nitrogens with zero attached hydrogens (tertiary/aromatic N) is 2. The number of aromatic nitrogens is 1. The maximum atomic E-state index is 10.3. The molecule has 2 aliphatic rings. The van der Waals surface area contributed by atoms with Crippen LogP contribution in [0.3, 0.4) is 0 Å². The summed E-state index contributed by atoms with van der Waals surface area (Å²) in [5, 5.41) is 10.3. The zero-order valence-corrected chi connectivity index (χ0v) is 11.9. The van der Waals surface area contributed by atoms with E-state index in [2.05, 4.69) is 16.0 Å². The summed E-state index contributed by atoms with van der Waals surface area (Å²) in [5.74, 6) is 0.727. The summed E-state index contributed by atoms with van der Waals surface area (Å²) in [4.78, 5) is 6.66. The summed E-state index contributed by atoms with van der Waals surface area (Å²) < 4.78 is 5.43. The Labute approximate surface area is 120 Å². The Morgan fingerprint density at radius 1 is 1.30 bits per heavy atom. The topological polar surface area (TPSA) is 45.6 Å². The van der Waals surface area contributed by atoms with Crippen molar-refractivity contribution < 1.29 is 9.84 Å². The molecule has 3 heterocycles. The first kappa shape index (κ1) is 14.0. The molecule has 110 valence electrons. The average Bonchev–Trinajstić information content (AvgIpc) is 2.83. The van der Waals surface area contributed by atoms with Crippen LogP contribution in [-0.2, 0) is 11.2 Å². The van der Waals surface area contributed by atoms with Gasteiger partial charge >= 0.3 is 0 Å². The third kappa shape index (κ3) is 3.37. The number of likely N-dealkylation sites (tertiary alicyclic amines) is 1. The Bertz CT molecular complexity index is 406. The van der Waals surface area contributed by atoms with Crippen LogP contribution in [0.25, 0.3) is 0 Å². The van der Waals surface area contributed by atoms with Crippen molar-refractivity contribution in [1.82, 2.24) is 9.88 Å². The number of rotatable bonds is 4. The molecule has 0 spiro atoms. The average molecular weight is 276 g/mol. The van der Waals surface area contributed by atoms with Crippen molar-refractivity contribution in [2.45, 2.75) is 37.8 Å². The Morgan fingerprint density at radius 3 is 2.90 bits per heavy atom. The van der Waals surface area contributed by atoms with E-state index in [0.717, 1.165) is 57.9 Å². The summed E-state index contributed by atoms with van der Waals surface area (Å²) in [6.07, 6.45) is 7.63. The maximum absolute atomic E-state index is 10.3. The number of pyridine rings is 1. The standard InChI is InChI=1S/C16H24N2O2/c19-16-3-7-18(12-13-4-8-20-9-5-13)15(16)10-14-2-1-6-17-11-14/h1-2,6,11,13,15-16,19H,3-5,7-10,12H2/t15-,16-/m1/s1. The van der Waals surface area contributed by atoms with Gasteiger partial charge < -0.3 is 9.84 Å². The summed E-state index contributed by atoms with van der Waals surface area (Å²) in [6.45, 7) is 3.91. The lowest BCUT2D eigenvalue weighted by Gasteiger charge is -2.31. The van der Waals surface area contributed by atoms with Gasteiger partial charge in [0.25, 0.3) is 0 Å². The quantitative estimate of drug-likeness (QED) is 0.905. The lowest BCUT2D eigenvalue weighted by atomic mass is 9.98. The molecule has 0 aliphatic carbocycles. The SMILES string of the molecule is O[C@@H]1CCN(CC2CCOCC2)[C@@H]1Cc1cccnc1. The third-order valence-corrected chi connectivity index (χ3v) is 4.63. The highest BCUT2D eigenvalue weighted by Crippen LogP contribution is 2.25. The van der Waals surface area contributed by atoms with Gasteiger partial charge in [-0.25, -0.2) is 0 Å². The number of ether oxygens (including phenoxy) is 1. The van der Waals surface area contributed by atoms with Crippen LogP contribution in [0, 0.1) is 5.92 Å². The zero-order chi connectivity index (χ0) is 13.8. The Balaban J connectivity index is 1.61. The second-order valence-electron chi connectivity index (χ2n) is 6.04. The van der Waals surface area contributed by atoms with Gasteiger partial charge in [-0.1, -0.05) is 6.07 Å². The van der Waals surface area contributed by atoms with Crippen LogP contribution in [0.5, 0.6) is 0 Å². The van der Waals surface area contributed by atoms with Crippen molar-refractivity contribution in [2.75, 3.05) is 26.3 Å². The second kappa shape index (κ2) is 6.66. The van der Waals surface area contributed by atoms with Gasteiger partial charge in [0.2, 0.25) is 0 Å². The van der Waals surface area contributed by atoms with E-state index in [1.165, 1.54) is 5.56 Å². The van der Waals surface area contributed by atoms with Crippen molar-refractivity contribution in [3.05, 3.63) is 30.1 Å². The van der Waals surface area contributed by atoms with E-state index in [1.54, 1.807) is 6.20 Å². The van der Waals surface area contributed by atoms with E-state index in [-0.39, 0.29) is 12.1 Å². The van der Waals surface area contributed by atoms with Gasteiger partial charge in [0.1, 0.15) is 0 Å². The van der Waals surface area contributed by atoms with Crippen molar-refractivity contribution >= 4 is 0 Å². The monoisotopic (exact) mass is 276 g/mol. The van der Waals surface area contributed by atoms with Crippen molar-refractivity contribution in [1.29, 1.82) is 0 Å². The minimum atomic E-state index is -0.199. The molecule has 2 saturated heterocycles. The summed E-state index contributed by atoms with van der Waals surface area (Å²) in [7, 11) is 0. The molecule has 2 atom stereocenters. The molecule has 4 heteroatoms. The molecular formula is C16H24N2O2. The van der Waals surface area contributed by atoms with Crippen molar-refractivity contribution in [3.63, 3.8) is 0 Å². The molecule has 1 N–H and O–H groups in total. The third-order valence-electron chi connectivity index (χ3n) is 4.63. The normalized spacial score (nSPS) is 28.9. The van der Waals surface area contributed by atoms with E-state index in [4.69, 9.17) is 4.74 Å². The number of aliphatic hydroxyl groups excluding tert-OH is 1. The molecule has 0 aromatic carbocycles. The van der Waals surface area contributed by atoms with Crippen LogP contribution in [0.15, 0.2) is 24.5 Å². The minimum absolute atomic E-state index is 0.199. The molecule has 0 saturated carbocycles. The van der Waals surface area contributed by atoms with Gasteiger partial charge in [-0.3, -0.25) is 9.88 Å². The highest BCUT2D eigenvalue weighted by Gasteiger charge is 2.34. The van der Waals surface area contributed by atoms with Crippen molar-refractivity contribution in [3.8, 4) is 0 Å². The second-order valence-corrected chi connectivity index (χ2v) is 6.04. The van der Waals surface area contributed by atoms with E-state index < -0.39 is 0 Å². The van der Waals surface area contributed by atoms with E-state index in [9.17, 15) is 5.11 Å². The minimum Gasteiger partial charge on any atom is -0.391 e. The van der Waals surface area contributed by atoms with Gasteiger partial charge in [0, 0.05) is 44.7 Å². The fourth-order valence-electron chi connectivity index (χ4n) is 3.41. The predicted octanol–water partition coefficient (Wildman–Crippen LogP) is 1.49. The lowest BCUT2D eigenvalue weighted by Crippen LogP contribution is -2.40. The molecular weight excluding hydrogens is 252 g/mol. The molecule has 4 nitrogen and oxygen atoms in total. The van der Waals surface area contributed by atoms with Gasteiger partial charge in [-0.15, -0.1) is 0 Å². The van der Waals surface area contributed by atoms with E-state index >= 15 is 0 Å². The van der Waals surface area contributed by atoms with Gasteiger partial charge in [-0.2, -0.15) is 0 Å². The van der Waals surface area contributed by atoms with Crippen molar-refractivity contribution in [2.24, 2.45) is 5.92 Å². The molecule has 2 fully saturated rings. The van der Waals surface area contributed by atoms with Gasteiger partial charge in [0.05, 0.1) is 6.10 Å². The zero-order valence-electron chi connectivity index (χ0n) is 11.9. The molecule has 3 rings (SSSR count). The Morgan fingerprint density at radius 2 is 2.15 bits per heavy atom. The van der Waals surface area contributed by atoms with Crippen LogP contribution in [0.2, 0.25) is 0 Å². The summed E-state index contributed by atoms with van der Waals surface area (Å²) in [6, 6.07) is 4.33. The van der Waals surface area contributed by atoms with Crippen LogP contribution in [-0.4, -0.2) is 53.4 Å². The maximum Gasteiger partial charge on any atom is 0.0710 e. The largest absolute Gasteiger partial charge is 0.391 e. The molecule has 2 aliphatic heterocycles. The predicted molar refractivity (Wildman–Crippen MR) is 77.5 cm³/mol. The Kier molecular flexibility index (Phi) is 4.65. The summed E-state index contributed by atoms with van der Waals surface area (Å²) in [5.41, 5.74) is 1.22. The van der Waals surface area contributed by atoms with E-state index in [1.807, 2.05) is 12.3 Å². The highest BCUT2D eigenvalue weighted by molar-refractivity contribution is 5.11. The van der Waals surface area contributed by atoms with Crippen LogP contribution in [0.4, 0.5) is 0 Å². The molecule has 20 heavy (non-hydrogen) atoms. The molecule has 1 aromatic rings. The fourth-order valence-corrected chi connectivity index (χ4v) is 3.41. The van der Waals surface area contributed by atoms with Crippen LogP contribution < -0.4 is 0 Å². The first-order chi connectivity index (χ1) is 9.83. The lowest BCUT2D eigenvalue weighted by molar-refractivity contribution is 0.0434. The molecule has 0 unspecified atom stereocenters. The molecule has 0 radical (unpaired) electrons. The summed E-state index contributed by atoms with van der Waals surface area (Å²) >= 11 is 0. The first-order valence-corrected chi connectivity index (χ1v) is 7.71. The fraction of sp³-hybridized carbons (Fsp3) is 0.688. The number of hydrogen-bond donors (Lipinski definition) is 1. The Hall–Kier alpha value is -0.970. The van der Waals surface area contributed by atoms with E-state index in [0.29, 0.717) is 0 Å². The highest BCUT2D eigenvalue weighted by atomic mass is 16.5. The number of hydrogen-bond acceptors (Lipinski definition) is 4. The number of aliphatic hydroxyl groups is 1. The molecule has 0 bridgehead atoms. The molecule has 1 aromatic heterocycles. The van der Waals surface area contributed by atoms with Crippen LogP contribution >= 0.6 is 0 Å².